The number of nitrogens with zero attached hydrogens (tertiary/aromatic N) is 2. The first-order chi connectivity index (χ1) is 8.56. The Balaban J connectivity index is 2.11. The number of thiazole rings is 1. The minimum absolute atomic E-state index is 0.139. The fourth-order valence-electron chi connectivity index (χ4n) is 1.17. The van der Waals surface area contributed by atoms with Crippen LogP contribution in [0.15, 0.2) is 23.7 Å². The normalized spacial score (nSPS) is 10.1. The van der Waals surface area contributed by atoms with E-state index in [9.17, 15) is 9.59 Å². The summed E-state index contributed by atoms with van der Waals surface area (Å²) in [6.07, 6.45) is 1.37. The summed E-state index contributed by atoms with van der Waals surface area (Å²) in [5.74, 6) is -0.483. The van der Waals surface area contributed by atoms with Crippen LogP contribution in [0.2, 0.25) is 5.15 Å². The Bertz CT molecular complexity index is 595. The van der Waals surface area contributed by atoms with Crippen LogP contribution in [0.3, 0.4) is 0 Å². The molecule has 0 aromatic carbocycles. The van der Waals surface area contributed by atoms with E-state index in [0.717, 1.165) is 0 Å². The van der Waals surface area contributed by atoms with Gasteiger partial charge in [0.05, 0.1) is 5.56 Å². The first kappa shape index (κ1) is 12.7. The number of nitrogens with one attached hydrogen (secondary N) is 1. The number of Topliss-reactive ketones (excluding diaryl/α,β-unsaturated/α-hetero) is 1. The lowest BCUT2D eigenvalue weighted by molar-refractivity contribution is 0.100. The molecule has 0 saturated heterocycles. The number of hydrogen-bond acceptors (Lipinski definition) is 5. The van der Waals surface area contributed by atoms with Crippen LogP contribution in [0.25, 0.3) is 0 Å². The van der Waals surface area contributed by atoms with Crippen molar-refractivity contribution in [3.8, 4) is 0 Å². The van der Waals surface area contributed by atoms with Crippen molar-refractivity contribution in [2.75, 3.05) is 5.32 Å². The first-order valence-corrected chi connectivity index (χ1v) is 6.21. The molecule has 0 bridgehead atoms. The topological polar surface area (TPSA) is 72.0 Å². The van der Waals surface area contributed by atoms with Gasteiger partial charge in [-0.2, -0.15) is 0 Å². The first-order valence-electron chi connectivity index (χ1n) is 4.95. The Morgan fingerprint density at radius 3 is 2.72 bits per heavy atom. The van der Waals surface area contributed by atoms with Gasteiger partial charge in [-0.1, -0.05) is 11.6 Å². The molecule has 5 nitrogen and oxygen atoms in total. The maximum atomic E-state index is 11.8. The van der Waals surface area contributed by atoms with Gasteiger partial charge >= 0.3 is 0 Å². The minimum Gasteiger partial charge on any atom is -0.298 e. The number of pyridine rings is 1. The number of rotatable bonds is 3. The molecule has 0 unspecified atom stereocenters. The predicted octanol–water partition coefficient (Wildman–Crippen LogP) is 2.65. The molecule has 1 amide bonds. The van der Waals surface area contributed by atoms with Crippen molar-refractivity contribution in [1.82, 2.24) is 9.97 Å². The van der Waals surface area contributed by atoms with Crippen LogP contribution in [0, 0.1) is 0 Å². The van der Waals surface area contributed by atoms with Crippen LogP contribution in [0.4, 0.5) is 5.13 Å². The SMILES string of the molecule is CC(=O)c1csc(NC(=O)c2ccc(Cl)nc2)n1. The monoisotopic (exact) mass is 281 g/mol. The van der Waals surface area contributed by atoms with E-state index in [0.29, 0.717) is 21.5 Å². The van der Waals surface area contributed by atoms with Gasteiger partial charge < -0.3 is 0 Å². The summed E-state index contributed by atoms with van der Waals surface area (Å²) in [6.45, 7) is 1.42. The van der Waals surface area contributed by atoms with Gasteiger partial charge in [0.2, 0.25) is 0 Å². The van der Waals surface area contributed by atoms with Crippen molar-refractivity contribution in [2.24, 2.45) is 0 Å². The quantitative estimate of drug-likeness (QED) is 0.693. The fourth-order valence-corrected chi connectivity index (χ4v) is 2.03. The number of amides is 1. The molecule has 2 aromatic heterocycles. The highest BCUT2D eigenvalue weighted by molar-refractivity contribution is 7.14. The van der Waals surface area contributed by atoms with E-state index in [1.807, 2.05) is 0 Å². The molecule has 0 aliphatic rings. The number of carbonyl (C=O) groups excluding carboxylic acids is 2. The summed E-state index contributed by atoms with van der Waals surface area (Å²) in [5.41, 5.74) is 0.712. The molecular weight excluding hydrogens is 274 g/mol. The second-order valence-corrected chi connectivity index (χ2v) is 4.66. The molecule has 2 heterocycles. The number of carbonyl (C=O) groups is 2. The molecule has 7 heteroatoms. The highest BCUT2D eigenvalue weighted by atomic mass is 35.5. The number of aromatic nitrogens is 2. The second-order valence-electron chi connectivity index (χ2n) is 3.42. The van der Waals surface area contributed by atoms with E-state index in [-0.39, 0.29) is 11.7 Å². The van der Waals surface area contributed by atoms with Crippen molar-refractivity contribution in [3.63, 3.8) is 0 Å². The summed E-state index contributed by atoms with van der Waals surface area (Å²) < 4.78 is 0. The van der Waals surface area contributed by atoms with E-state index in [1.165, 1.54) is 30.5 Å². The zero-order valence-corrected chi connectivity index (χ0v) is 10.9. The molecule has 0 aliphatic heterocycles. The molecule has 0 aliphatic carbocycles. The van der Waals surface area contributed by atoms with Gasteiger partial charge in [-0.25, -0.2) is 9.97 Å². The average molecular weight is 282 g/mol. The van der Waals surface area contributed by atoms with Crippen molar-refractivity contribution in [1.29, 1.82) is 0 Å². The highest BCUT2D eigenvalue weighted by Gasteiger charge is 2.10. The third-order valence-corrected chi connectivity index (χ3v) is 3.06. The van der Waals surface area contributed by atoms with Gasteiger partial charge in [-0.3, -0.25) is 14.9 Å². The molecule has 2 rings (SSSR count). The largest absolute Gasteiger partial charge is 0.298 e. The lowest BCUT2D eigenvalue weighted by atomic mass is 10.3. The summed E-state index contributed by atoms with van der Waals surface area (Å²) in [4.78, 5) is 30.6. The maximum Gasteiger partial charge on any atom is 0.259 e. The Morgan fingerprint density at radius 2 is 2.17 bits per heavy atom. The van der Waals surface area contributed by atoms with Gasteiger partial charge in [-0.05, 0) is 12.1 Å². The van der Waals surface area contributed by atoms with Crippen LogP contribution < -0.4 is 5.32 Å². The summed E-state index contributed by atoms with van der Waals surface area (Å²) >= 11 is 6.82. The summed E-state index contributed by atoms with van der Waals surface area (Å²) in [6, 6.07) is 3.09. The van der Waals surface area contributed by atoms with Gasteiger partial charge in [0.1, 0.15) is 10.8 Å². The van der Waals surface area contributed by atoms with Crippen LogP contribution >= 0.6 is 22.9 Å². The van der Waals surface area contributed by atoms with Crippen LogP contribution in [-0.2, 0) is 0 Å². The fraction of sp³-hybridized carbons (Fsp3) is 0.0909. The van der Waals surface area contributed by atoms with Crippen molar-refractivity contribution in [3.05, 3.63) is 40.1 Å². The molecule has 92 valence electrons. The van der Waals surface area contributed by atoms with E-state index < -0.39 is 0 Å². The van der Waals surface area contributed by atoms with Gasteiger partial charge in [0.25, 0.3) is 5.91 Å². The zero-order chi connectivity index (χ0) is 13.1. The van der Waals surface area contributed by atoms with Crippen LogP contribution in [-0.4, -0.2) is 21.7 Å². The van der Waals surface area contributed by atoms with E-state index in [1.54, 1.807) is 11.4 Å². The van der Waals surface area contributed by atoms with Crippen molar-refractivity contribution < 1.29 is 9.59 Å². The van der Waals surface area contributed by atoms with Gasteiger partial charge in [0, 0.05) is 18.5 Å². The van der Waals surface area contributed by atoms with E-state index in [2.05, 4.69) is 15.3 Å². The van der Waals surface area contributed by atoms with Crippen molar-refractivity contribution in [2.45, 2.75) is 6.92 Å². The lowest BCUT2D eigenvalue weighted by Gasteiger charge is -2.00. The Labute approximate surface area is 112 Å². The lowest BCUT2D eigenvalue weighted by Crippen LogP contribution is -2.12. The average Bonchev–Trinajstić information content (AvgIpc) is 2.78. The number of hydrogen-bond donors (Lipinski definition) is 1. The van der Waals surface area contributed by atoms with Crippen LogP contribution in [0.1, 0.15) is 27.8 Å². The van der Waals surface area contributed by atoms with E-state index >= 15 is 0 Å². The third kappa shape index (κ3) is 2.91. The van der Waals surface area contributed by atoms with Crippen molar-refractivity contribution >= 4 is 39.8 Å². The Morgan fingerprint density at radius 1 is 1.39 bits per heavy atom. The smallest absolute Gasteiger partial charge is 0.259 e. The maximum absolute atomic E-state index is 11.8. The molecular formula is C11H8ClN3O2S. The minimum atomic E-state index is -0.344. The van der Waals surface area contributed by atoms with E-state index in [4.69, 9.17) is 11.6 Å². The zero-order valence-electron chi connectivity index (χ0n) is 9.31. The molecule has 1 N–H and O–H groups in total. The highest BCUT2D eigenvalue weighted by Crippen LogP contribution is 2.17. The number of halogens is 1. The molecule has 0 spiro atoms. The Kier molecular flexibility index (Phi) is 3.69. The molecule has 18 heavy (non-hydrogen) atoms. The second kappa shape index (κ2) is 5.24. The molecule has 2 aromatic rings. The third-order valence-electron chi connectivity index (χ3n) is 2.07. The number of anilines is 1. The predicted molar refractivity (Wildman–Crippen MR) is 69.3 cm³/mol. The summed E-state index contributed by atoms with van der Waals surface area (Å²) in [5, 5.41) is 4.88. The van der Waals surface area contributed by atoms with Gasteiger partial charge in [-0.15, -0.1) is 11.3 Å². The molecule has 0 atom stereocenters. The Hall–Kier alpha value is -1.79. The standard InChI is InChI=1S/C11H8ClN3O2S/c1-6(16)8-5-18-11(14-8)15-10(17)7-2-3-9(12)13-4-7/h2-5H,1H3,(H,14,15,17). The molecule has 0 fully saturated rings. The van der Waals surface area contributed by atoms with Gasteiger partial charge in [0.15, 0.2) is 10.9 Å². The summed E-state index contributed by atoms with van der Waals surface area (Å²) in [7, 11) is 0. The van der Waals surface area contributed by atoms with Crippen LogP contribution in [0.5, 0.6) is 0 Å². The molecule has 0 radical (unpaired) electrons. The molecule has 0 saturated carbocycles. The number of ketones is 1.